The number of carbonyl (C=O) groups is 2. The monoisotopic (exact) mass is 354 g/mol. The Morgan fingerprint density at radius 1 is 1.04 bits per heavy atom. The van der Waals surface area contributed by atoms with Gasteiger partial charge in [0.15, 0.2) is 0 Å². The standard InChI is InChI=1S/C19H22N4O3/c1-22-9-11-23(12-10-22)17-13-15(7-8-20-17)18(24)21-16-5-3-14(4-6-16)19(25)26-2/h3-8,13H,9-12H2,1-2H3,(H,21,24). The molecule has 2 aromatic rings. The fourth-order valence-corrected chi connectivity index (χ4v) is 2.78. The first-order valence-corrected chi connectivity index (χ1v) is 8.46. The van der Waals surface area contributed by atoms with E-state index in [0.29, 0.717) is 16.8 Å². The molecule has 0 spiro atoms. The molecular formula is C19H22N4O3. The molecular weight excluding hydrogens is 332 g/mol. The van der Waals surface area contributed by atoms with E-state index >= 15 is 0 Å². The first-order chi connectivity index (χ1) is 12.6. The fraction of sp³-hybridized carbons (Fsp3) is 0.316. The average Bonchev–Trinajstić information content (AvgIpc) is 2.68. The van der Waals surface area contributed by atoms with E-state index in [-0.39, 0.29) is 5.91 Å². The van der Waals surface area contributed by atoms with Gasteiger partial charge in [-0.1, -0.05) is 0 Å². The molecule has 1 amide bonds. The molecule has 7 heteroatoms. The number of esters is 1. The lowest BCUT2D eigenvalue weighted by Gasteiger charge is -2.33. The van der Waals surface area contributed by atoms with Crippen molar-refractivity contribution in [1.29, 1.82) is 0 Å². The topological polar surface area (TPSA) is 74.8 Å². The van der Waals surface area contributed by atoms with Crippen molar-refractivity contribution in [3.05, 3.63) is 53.7 Å². The zero-order chi connectivity index (χ0) is 18.5. The minimum Gasteiger partial charge on any atom is -0.465 e. The highest BCUT2D eigenvalue weighted by atomic mass is 16.5. The number of aromatic nitrogens is 1. The Bertz CT molecular complexity index is 784. The van der Waals surface area contributed by atoms with Gasteiger partial charge in [-0.15, -0.1) is 0 Å². The molecule has 0 atom stereocenters. The van der Waals surface area contributed by atoms with Crippen LogP contribution in [0, 0.1) is 0 Å². The maximum Gasteiger partial charge on any atom is 0.337 e. The number of ether oxygens (including phenoxy) is 1. The Morgan fingerprint density at radius 3 is 2.38 bits per heavy atom. The molecule has 0 saturated carbocycles. The molecule has 7 nitrogen and oxygen atoms in total. The van der Waals surface area contributed by atoms with E-state index in [1.165, 1.54) is 7.11 Å². The Labute approximate surface area is 152 Å². The summed E-state index contributed by atoms with van der Waals surface area (Å²) in [6, 6.07) is 10.1. The highest BCUT2D eigenvalue weighted by Crippen LogP contribution is 2.17. The van der Waals surface area contributed by atoms with Crippen LogP contribution in [0.3, 0.4) is 0 Å². The van der Waals surface area contributed by atoms with Crippen LogP contribution in [0.2, 0.25) is 0 Å². The summed E-state index contributed by atoms with van der Waals surface area (Å²) in [5, 5.41) is 2.83. The van der Waals surface area contributed by atoms with Crippen molar-refractivity contribution in [2.45, 2.75) is 0 Å². The summed E-state index contributed by atoms with van der Waals surface area (Å²) in [4.78, 5) is 32.8. The van der Waals surface area contributed by atoms with Crippen LogP contribution >= 0.6 is 0 Å². The molecule has 1 N–H and O–H groups in total. The van der Waals surface area contributed by atoms with Gasteiger partial charge < -0.3 is 19.9 Å². The summed E-state index contributed by atoms with van der Waals surface area (Å²) in [5.41, 5.74) is 1.60. The van der Waals surface area contributed by atoms with Crippen LogP contribution in [0.25, 0.3) is 0 Å². The predicted octanol–water partition coefficient (Wildman–Crippen LogP) is 1.87. The minimum absolute atomic E-state index is 0.214. The molecule has 136 valence electrons. The van der Waals surface area contributed by atoms with Gasteiger partial charge in [-0.05, 0) is 43.4 Å². The number of hydrogen-bond acceptors (Lipinski definition) is 6. The van der Waals surface area contributed by atoms with E-state index in [2.05, 4.69) is 31.9 Å². The minimum atomic E-state index is -0.408. The molecule has 26 heavy (non-hydrogen) atoms. The maximum atomic E-state index is 12.5. The summed E-state index contributed by atoms with van der Waals surface area (Å²) in [6.07, 6.45) is 1.66. The number of hydrogen-bond donors (Lipinski definition) is 1. The van der Waals surface area contributed by atoms with Crippen LogP contribution in [0.4, 0.5) is 11.5 Å². The molecule has 1 aromatic carbocycles. The number of carbonyl (C=O) groups excluding carboxylic acids is 2. The second-order valence-electron chi connectivity index (χ2n) is 6.22. The molecule has 0 bridgehead atoms. The number of likely N-dealkylation sites (N-methyl/N-ethyl adjacent to an activating group) is 1. The van der Waals surface area contributed by atoms with Crippen molar-refractivity contribution in [2.24, 2.45) is 0 Å². The maximum absolute atomic E-state index is 12.5. The number of anilines is 2. The average molecular weight is 354 g/mol. The summed E-state index contributed by atoms with van der Waals surface area (Å²) >= 11 is 0. The van der Waals surface area contributed by atoms with Gasteiger partial charge in [0.1, 0.15) is 5.82 Å². The van der Waals surface area contributed by atoms with Crippen molar-refractivity contribution < 1.29 is 14.3 Å². The van der Waals surface area contributed by atoms with Crippen LogP contribution in [-0.4, -0.2) is 62.1 Å². The van der Waals surface area contributed by atoms with E-state index in [9.17, 15) is 9.59 Å². The number of nitrogens with one attached hydrogen (secondary N) is 1. The number of rotatable bonds is 4. The number of amides is 1. The SMILES string of the molecule is COC(=O)c1ccc(NC(=O)c2ccnc(N3CCN(C)CC3)c2)cc1. The lowest BCUT2D eigenvalue weighted by Crippen LogP contribution is -2.44. The smallest absolute Gasteiger partial charge is 0.337 e. The third-order valence-corrected chi connectivity index (χ3v) is 4.40. The third kappa shape index (κ3) is 4.18. The number of benzene rings is 1. The van der Waals surface area contributed by atoms with E-state index in [1.807, 2.05) is 6.07 Å². The largest absolute Gasteiger partial charge is 0.465 e. The molecule has 1 saturated heterocycles. The number of pyridine rings is 1. The Hall–Kier alpha value is -2.93. The van der Waals surface area contributed by atoms with Crippen molar-refractivity contribution in [3.8, 4) is 0 Å². The first kappa shape index (κ1) is 17.9. The van der Waals surface area contributed by atoms with Crippen LogP contribution in [0.1, 0.15) is 20.7 Å². The lowest BCUT2D eigenvalue weighted by atomic mass is 10.2. The van der Waals surface area contributed by atoms with E-state index in [1.54, 1.807) is 36.5 Å². The zero-order valence-corrected chi connectivity index (χ0v) is 14.9. The molecule has 1 aliphatic heterocycles. The van der Waals surface area contributed by atoms with Gasteiger partial charge in [0.05, 0.1) is 12.7 Å². The molecule has 1 fully saturated rings. The summed E-state index contributed by atoms with van der Waals surface area (Å²) in [5.74, 6) is 0.189. The van der Waals surface area contributed by atoms with Gasteiger partial charge in [-0.2, -0.15) is 0 Å². The van der Waals surface area contributed by atoms with E-state index < -0.39 is 5.97 Å². The number of piperazine rings is 1. The molecule has 0 unspecified atom stereocenters. The second-order valence-corrected chi connectivity index (χ2v) is 6.22. The lowest BCUT2D eigenvalue weighted by molar-refractivity contribution is 0.0600. The fourth-order valence-electron chi connectivity index (χ4n) is 2.78. The number of nitrogens with zero attached hydrogens (tertiary/aromatic N) is 3. The summed E-state index contributed by atoms with van der Waals surface area (Å²) in [7, 11) is 3.43. The van der Waals surface area contributed by atoms with Crippen molar-refractivity contribution in [2.75, 3.05) is 50.6 Å². The molecule has 2 heterocycles. The summed E-state index contributed by atoms with van der Waals surface area (Å²) < 4.78 is 4.66. The van der Waals surface area contributed by atoms with Crippen LogP contribution < -0.4 is 10.2 Å². The molecule has 0 radical (unpaired) electrons. The van der Waals surface area contributed by atoms with E-state index in [0.717, 1.165) is 32.0 Å². The highest BCUT2D eigenvalue weighted by molar-refractivity contribution is 6.04. The van der Waals surface area contributed by atoms with Gasteiger partial charge in [-0.3, -0.25) is 4.79 Å². The highest BCUT2D eigenvalue weighted by Gasteiger charge is 2.17. The predicted molar refractivity (Wildman–Crippen MR) is 99.7 cm³/mol. The van der Waals surface area contributed by atoms with Gasteiger partial charge in [-0.25, -0.2) is 9.78 Å². The van der Waals surface area contributed by atoms with Crippen molar-refractivity contribution in [3.63, 3.8) is 0 Å². The van der Waals surface area contributed by atoms with Gasteiger partial charge in [0.25, 0.3) is 5.91 Å². The van der Waals surface area contributed by atoms with E-state index in [4.69, 9.17) is 0 Å². The molecule has 3 rings (SSSR count). The zero-order valence-electron chi connectivity index (χ0n) is 14.9. The van der Waals surface area contributed by atoms with Gasteiger partial charge >= 0.3 is 5.97 Å². The molecule has 1 aliphatic rings. The Kier molecular flexibility index (Phi) is 5.48. The second kappa shape index (κ2) is 7.97. The van der Waals surface area contributed by atoms with Crippen molar-refractivity contribution in [1.82, 2.24) is 9.88 Å². The third-order valence-electron chi connectivity index (χ3n) is 4.40. The number of methoxy groups -OCH3 is 1. The Balaban J connectivity index is 1.68. The Morgan fingerprint density at radius 2 is 1.73 bits per heavy atom. The van der Waals surface area contributed by atoms with Gasteiger partial charge in [0, 0.05) is 43.6 Å². The normalized spacial score (nSPS) is 14.8. The summed E-state index contributed by atoms with van der Waals surface area (Å²) in [6.45, 7) is 3.74. The van der Waals surface area contributed by atoms with Gasteiger partial charge in [0.2, 0.25) is 0 Å². The molecule has 0 aliphatic carbocycles. The van der Waals surface area contributed by atoms with Crippen LogP contribution in [0.5, 0.6) is 0 Å². The molecule has 1 aromatic heterocycles. The first-order valence-electron chi connectivity index (χ1n) is 8.46. The van der Waals surface area contributed by atoms with Crippen molar-refractivity contribution >= 4 is 23.4 Å². The van der Waals surface area contributed by atoms with Crippen LogP contribution in [-0.2, 0) is 4.74 Å². The van der Waals surface area contributed by atoms with Crippen LogP contribution in [0.15, 0.2) is 42.6 Å². The quantitative estimate of drug-likeness (QED) is 0.845.